The minimum atomic E-state index is -3.29. The summed E-state index contributed by atoms with van der Waals surface area (Å²) in [5, 5.41) is 0. The first kappa shape index (κ1) is 17.1. The van der Waals surface area contributed by atoms with Gasteiger partial charge in [0, 0.05) is 19.1 Å². The normalized spacial score (nSPS) is 22.1. The van der Waals surface area contributed by atoms with Crippen LogP contribution in [0.1, 0.15) is 39.0 Å². The van der Waals surface area contributed by atoms with Gasteiger partial charge in [-0.15, -0.1) is 12.4 Å². The van der Waals surface area contributed by atoms with E-state index in [-0.39, 0.29) is 18.4 Å². The number of hydrogen-bond donors (Lipinski definition) is 2. The van der Waals surface area contributed by atoms with Crippen LogP contribution in [0.2, 0.25) is 0 Å². The SMILES string of the molecule is CCCNS(=O)(=O)N1CCCCC1CCN.Cl. The minimum absolute atomic E-state index is 0. The Morgan fingerprint density at radius 2 is 2.12 bits per heavy atom. The van der Waals surface area contributed by atoms with Crippen molar-refractivity contribution in [2.75, 3.05) is 19.6 Å². The van der Waals surface area contributed by atoms with Gasteiger partial charge >= 0.3 is 0 Å². The minimum Gasteiger partial charge on any atom is -0.330 e. The summed E-state index contributed by atoms with van der Waals surface area (Å²) < 4.78 is 28.2. The third-order valence-electron chi connectivity index (χ3n) is 2.92. The van der Waals surface area contributed by atoms with E-state index in [1.165, 1.54) is 0 Å². The Labute approximate surface area is 111 Å². The van der Waals surface area contributed by atoms with Gasteiger partial charge in [0.15, 0.2) is 0 Å². The van der Waals surface area contributed by atoms with Crippen LogP contribution in [0, 0.1) is 0 Å². The van der Waals surface area contributed by atoms with E-state index in [1.54, 1.807) is 4.31 Å². The maximum atomic E-state index is 12.0. The van der Waals surface area contributed by atoms with Crippen molar-refractivity contribution in [2.45, 2.75) is 45.1 Å². The monoisotopic (exact) mass is 285 g/mol. The number of nitrogens with zero attached hydrogens (tertiary/aromatic N) is 1. The van der Waals surface area contributed by atoms with Crippen LogP contribution in [-0.4, -0.2) is 38.4 Å². The summed E-state index contributed by atoms with van der Waals surface area (Å²) in [7, 11) is -3.29. The highest BCUT2D eigenvalue weighted by atomic mass is 35.5. The average molecular weight is 286 g/mol. The maximum absolute atomic E-state index is 12.0. The Balaban J connectivity index is 0.00000256. The number of halogens is 1. The number of rotatable bonds is 6. The van der Waals surface area contributed by atoms with Crippen LogP contribution in [0.25, 0.3) is 0 Å². The number of piperidine rings is 1. The van der Waals surface area contributed by atoms with Crippen molar-refractivity contribution in [1.29, 1.82) is 0 Å². The predicted octanol–water partition coefficient (Wildman–Crippen LogP) is 0.856. The van der Waals surface area contributed by atoms with Crippen LogP contribution in [0.15, 0.2) is 0 Å². The second-order valence-electron chi connectivity index (χ2n) is 4.24. The fourth-order valence-electron chi connectivity index (χ4n) is 2.09. The second-order valence-corrected chi connectivity index (χ2v) is 5.94. The molecule has 1 unspecified atom stereocenters. The molecule has 17 heavy (non-hydrogen) atoms. The van der Waals surface area contributed by atoms with Crippen LogP contribution in [-0.2, 0) is 10.2 Å². The highest BCUT2D eigenvalue weighted by Gasteiger charge is 2.30. The molecule has 1 saturated heterocycles. The van der Waals surface area contributed by atoms with Crippen molar-refractivity contribution in [1.82, 2.24) is 9.03 Å². The molecule has 0 radical (unpaired) electrons. The van der Waals surface area contributed by atoms with Gasteiger partial charge < -0.3 is 5.73 Å². The summed E-state index contributed by atoms with van der Waals surface area (Å²) in [6.07, 6.45) is 4.56. The highest BCUT2D eigenvalue weighted by Crippen LogP contribution is 2.21. The van der Waals surface area contributed by atoms with E-state index in [0.29, 0.717) is 19.6 Å². The molecule has 0 aromatic rings. The zero-order valence-electron chi connectivity index (χ0n) is 10.4. The molecule has 104 valence electrons. The van der Waals surface area contributed by atoms with E-state index in [1.807, 2.05) is 6.92 Å². The lowest BCUT2D eigenvalue weighted by molar-refractivity contribution is 0.240. The van der Waals surface area contributed by atoms with Crippen molar-refractivity contribution in [3.05, 3.63) is 0 Å². The van der Waals surface area contributed by atoms with Gasteiger partial charge in [0.05, 0.1) is 0 Å². The van der Waals surface area contributed by atoms with Gasteiger partial charge in [-0.3, -0.25) is 0 Å². The molecule has 3 N–H and O–H groups in total. The molecule has 5 nitrogen and oxygen atoms in total. The van der Waals surface area contributed by atoms with Crippen LogP contribution in [0.3, 0.4) is 0 Å². The highest BCUT2D eigenvalue weighted by molar-refractivity contribution is 7.87. The van der Waals surface area contributed by atoms with Crippen molar-refractivity contribution in [2.24, 2.45) is 5.73 Å². The van der Waals surface area contributed by atoms with Gasteiger partial charge in [0.25, 0.3) is 10.2 Å². The topological polar surface area (TPSA) is 75.4 Å². The summed E-state index contributed by atoms with van der Waals surface area (Å²) in [5.41, 5.74) is 5.52. The number of nitrogens with one attached hydrogen (secondary N) is 1. The first-order chi connectivity index (χ1) is 7.61. The Kier molecular flexibility index (Phi) is 8.32. The van der Waals surface area contributed by atoms with Crippen LogP contribution in [0.4, 0.5) is 0 Å². The van der Waals surface area contributed by atoms with Gasteiger partial charge in [0.1, 0.15) is 0 Å². The Hall–Kier alpha value is 0.120. The lowest BCUT2D eigenvalue weighted by atomic mass is 10.0. The summed E-state index contributed by atoms with van der Waals surface area (Å²) in [5.74, 6) is 0. The van der Waals surface area contributed by atoms with Crippen molar-refractivity contribution < 1.29 is 8.42 Å². The fraction of sp³-hybridized carbons (Fsp3) is 1.00. The molecule has 0 aromatic carbocycles. The molecule has 1 rings (SSSR count). The molecule has 0 aliphatic carbocycles. The van der Waals surface area contributed by atoms with Crippen LogP contribution >= 0.6 is 12.4 Å². The van der Waals surface area contributed by atoms with E-state index in [9.17, 15) is 8.42 Å². The molecule has 0 amide bonds. The summed E-state index contributed by atoms with van der Waals surface area (Å²) in [4.78, 5) is 0. The van der Waals surface area contributed by atoms with E-state index < -0.39 is 10.2 Å². The molecule has 0 aromatic heterocycles. The smallest absolute Gasteiger partial charge is 0.279 e. The molecule has 0 spiro atoms. The van der Waals surface area contributed by atoms with Gasteiger partial charge in [-0.2, -0.15) is 12.7 Å². The summed E-state index contributed by atoms with van der Waals surface area (Å²) in [6, 6.07) is 0.0908. The summed E-state index contributed by atoms with van der Waals surface area (Å²) in [6.45, 7) is 3.64. The molecule has 1 atom stereocenters. The number of hydrogen-bond acceptors (Lipinski definition) is 3. The van der Waals surface area contributed by atoms with E-state index in [0.717, 1.165) is 32.1 Å². The second kappa shape index (κ2) is 8.26. The van der Waals surface area contributed by atoms with E-state index in [2.05, 4.69) is 4.72 Å². The van der Waals surface area contributed by atoms with Gasteiger partial charge in [-0.25, -0.2) is 4.72 Å². The maximum Gasteiger partial charge on any atom is 0.279 e. The Morgan fingerprint density at radius 1 is 1.41 bits per heavy atom. The predicted molar refractivity (Wildman–Crippen MR) is 72.5 cm³/mol. The molecular formula is C10H24ClN3O2S. The van der Waals surface area contributed by atoms with Crippen LogP contribution < -0.4 is 10.5 Å². The first-order valence-corrected chi connectivity index (χ1v) is 7.52. The van der Waals surface area contributed by atoms with Crippen LogP contribution in [0.5, 0.6) is 0 Å². The molecule has 7 heteroatoms. The van der Waals surface area contributed by atoms with Gasteiger partial charge in [-0.1, -0.05) is 13.3 Å². The molecule has 0 saturated carbocycles. The van der Waals surface area contributed by atoms with Gasteiger partial charge in [0.2, 0.25) is 0 Å². The fourth-order valence-corrected chi connectivity index (χ4v) is 3.69. The zero-order chi connectivity index (χ0) is 12.0. The average Bonchev–Trinajstić information content (AvgIpc) is 2.27. The zero-order valence-corrected chi connectivity index (χ0v) is 12.0. The first-order valence-electron chi connectivity index (χ1n) is 6.08. The molecule has 1 aliphatic rings. The van der Waals surface area contributed by atoms with E-state index >= 15 is 0 Å². The number of nitrogens with two attached hydrogens (primary N) is 1. The molecule has 1 heterocycles. The van der Waals surface area contributed by atoms with Gasteiger partial charge in [-0.05, 0) is 32.2 Å². The standard InChI is InChI=1S/C10H23N3O2S.ClH/c1-2-8-12-16(14,15)13-9-4-3-5-10(13)6-7-11;/h10,12H,2-9,11H2,1H3;1H. The Bertz CT molecular complexity index is 296. The molecule has 1 fully saturated rings. The van der Waals surface area contributed by atoms with Crippen molar-refractivity contribution in [3.8, 4) is 0 Å². The quantitative estimate of drug-likeness (QED) is 0.760. The van der Waals surface area contributed by atoms with E-state index in [4.69, 9.17) is 5.73 Å². The summed E-state index contributed by atoms with van der Waals surface area (Å²) >= 11 is 0. The largest absolute Gasteiger partial charge is 0.330 e. The lowest BCUT2D eigenvalue weighted by Gasteiger charge is -2.34. The molecular weight excluding hydrogens is 262 g/mol. The molecule has 1 aliphatic heterocycles. The van der Waals surface area contributed by atoms with Crippen molar-refractivity contribution in [3.63, 3.8) is 0 Å². The lowest BCUT2D eigenvalue weighted by Crippen LogP contribution is -2.49. The molecule has 0 bridgehead atoms. The Morgan fingerprint density at radius 3 is 2.71 bits per heavy atom. The third-order valence-corrected chi connectivity index (χ3v) is 4.58. The van der Waals surface area contributed by atoms with Crippen molar-refractivity contribution >= 4 is 22.6 Å². The third kappa shape index (κ3) is 5.09.